The average Bonchev–Trinajstić information content (AvgIpc) is 3.17. The molecule has 2 N–H and O–H groups in total. The van der Waals surface area contributed by atoms with Crippen molar-refractivity contribution in [2.45, 2.75) is 40.5 Å². The standard InChI is InChI=1S/C39H47Cl2N3O9S3/c1-3-23-54(45,46)33-11-7-29(8-12-33)30-9-13-34(14-10-30)55(47,48)42-15-17-51-19-21-53-22-20-52-18-16-43-56(49,50)35-6-4-5-31(24-35)37-27-44(2)28-38-36(37)25-32(40)26-39(38)41/h4-14,24-26,37,42-43H,3,15-23,27-28H2,1-2H3. The number of hydrogen-bond acceptors (Lipinski definition) is 10. The van der Waals surface area contributed by atoms with E-state index in [0.29, 0.717) is 29.6 Å². The molecular weight excluding hydrogens is 822 g/mol. The van der Waals surface area contributed by atoms with Gasteiger partial charge < -0.3 is 19.1 Å². The molecule has 1 atom stereocenters. The molecule has 5 rings (SSSR count). The molecule has 1 aliphatic rings. The van der Waals surface area contributed by atoms with E-state index in [-0.39, 0.29) is 79.1 Å². The van der Waals surface area contributed by atoms with Crippen LogP contribution in [0.4, 0.5) is 0 Å². The number of ether oxygens (including phenoxy) is 3. The van der Waals surface area contributed by atoms with Gasteiger partial charge in [0.15, 0.2) is 9.84 Å². The zero-order valence-corrected chi connectivity index (χ0v) is 35.2. The Kier molecular flexibility index (Phi) is 15.9. The van der Waals surface area contributed by atoms with E-state index in [0.717, 1.165) is 27.8 Å². The minimum Gasteiger partial charge on any atom is -0.378 e. The van der Waals surface area contributed by atoms with E-state index in [1.807, 2.05) is 26.1 Å². The van der Waals surface area contributed by atoms with Crippen LogP contribution in [0.15, 0.2) is 99.6 Å². The van der Waals surface area contributed by atoms with E-state index in [4.69, 9.17) is 37.4 Å². The van der Waals surface area contributed by atoms with Gasteiger partial charge in [-0.1, -0.05) is 66.5 Å². The third kappa shape index (κ3) is 12.1. The lowest BCUT2D eigenvalue weighted by Gasteiger charge is -2.33. The molecule has 0 aliphatic carbocycles. The Morgan fingerprint density at radius 3 is 1.79 bits per heavy atom. The van der Waals surface area contributed by atoms with Crippen LogP contribution >= 0.6 is 23.2 Å². The Labute approximate surface area is 340 Å². The molecule has 1 heterocycles. The van der Waals surface area contributed by atoms with Crippen LogP contribution in [0.1, 0.15) is 36.0 Å². The highest BCUT2D eigenvalue weighted by Crippen LogP contribution is 2.39. The molecule has 1 aliphatic heterocycles. The fourth-order valence-corrected chi connectivity index (χ4v) is 10.3. The van der Waals surface area contributed by atoms with Crippen molar-refractivity contribution >= 4 is 53.1 Å². The van der Waals surface area contributed by atoms with Crippen molar-refractivity contribution in [3.05, 3.63) is 112 Å². The van der Waals surface area contributed by atoms with Gasteiger partial charge in [-0.25, -0.2) is 34.7 Å². The number of hydrogen-bond donors (Lipinski definition) is 2. The van der Waals surface area contributed by atoms with Crippen LogP contribution in [0.5, 0.6) is 0 Å². The predicted molar refractivity (Wildman–Crippen MR) is 218 cm³/mol. The van der Waals surface area contributed by atoms with Crippen LogP contribution in [0.25, 0.3) is 11.1 Å². The van der Waals surface area contributed by atoms with Crippen LogP contribution in [-0.4, -0.2) is 102 Å². The lowest BCUT2D eigenvalue weighted by atomic mass is 9.85. The van der Waals surface area contributed by atoms with Crippen molar-refractivity contribution < 1.29 is 39.5 Å². The number of likely N-dealkylation sites (N-methyl/N-ethyl adjacent to an activating group) is 1. The molecule has 4 aromatic rings. The van der Waals surface area contributed by atoms with Gasteiger partial charge in [0.2, 0.25) is 20.0 Å². The molecule has 1 unspecified atom stereocenters. The van der Waals surface area contributed by atoms with Crippen molar-refractivity contribution in [1.82, 2.24) is 14.3 Å². The third-order valence-corrected chi connectivity index (χ3v) is 14.5. The van der Waals surface area contributed by atoms with Crippen LogP contribution in [-0.2, 0) is 50.6 Å². The highest BCUT2D eigenvalue weighted by atomic mass is 35.5. The Morgan fingerprint density at radius 2 is 1.21 bits per heavy atom. The SMILES string of the molecule is CCCS(=O)(=O)c1ccc(-c2ccc(S(=O)(=O)NCCOCCOCCOCCNS(=O)(=O)c3cccc(C4CN(C)Cc5c(Cl)cc(Cl)cc54)c3)cc2)cc1. The van der Waals surface area contributed by atoms with Crippen molar-refractivity contribution in [2.75, 3.05) is 72.1 Å². The summed E-state index contributed by atoms with van der Waals surface area (Å²) in [7, 11) is -8.86. The van der Waals surface area contributed by atoms with Gasteiger partial charge in [0.25, 0.3) is 0 Å². The molecule has 0 bridgehead atoms. The minimum atomic E-state index is -3.79. The molecular formula is C39H47Cl2N3O9S3. The van der Waals surface area contributed by atoms with E-state index < -0.39 is 29.9 Å². The molecule has 0 fully saturated rings. The quantitative estimate of drug-likeness (QED) is 0.0993. The average molecular weight is 869 g/mol. The monoisotopic (exact) mass is 867 g/mol. The second kappa shape index (κ2) is 20.2. The highest BCUT2D eigenvalue weighted by molar-refractivity contribution is 7.91. The van der Waals surface area contributed by atoms with Crippen LogP contribution in [0, 0.1) is 0 Å². The van der Waals surface area contributed by atoms with Crippen LogP contribution < -0.4 is 9.44 Å². The van der Waals surface area contributed by atoms with Crippen molar-refractivity contribution in [2.24, 2.45) is 0 Å². The fourth-order valence-electron chi connectivity index (χ4n) is 6.30. The largest absolute Gasteiger partial charge is 0.378 e. The lowest BCUT2D eigenvalue weighted by Crippen LogP contribution is -2.31. The van der Waals surface area contributed by atoms with Crippen molar-refractivity contribution in [3.63, 3.8) is 0 Å². The maximum absolute atomic E-state index is 13.1. The molecule has 56 heavy (non-hydrogen) atoms. The number of halogens is 2. The Hall–Kier alpha value is -2.93. The number of nitrogens with zero attached hydrogens (tertiary/aromatic N) is 1. The van der Waals surface area contributed by atoms with E-state index in [9.17, 15) is 25.3 Å². The van der Waals surface area contributed by atoms with Crippen molar-refractivity contribution in [1.29, 1.82) is 0 Å². The van der Waals surface area contributed by atoms with Crippen molar-refractivity contribution in [3.8, 4) is 11.1 Å². The third-order valence-electron chi connectivity index (χ3n) is 9.07. The van der Waals surface area contributed by atoms with Gasteiger partial charge in [0.05, 0.1) is 60.1 Å². The molecule has 12 nitrogen and oxygen atoms in total. The van der Waals surface area contributed by atoms with Gasteiger partial charge in [-0.15, -0.1) is 0 Å². The zero-order chi connectivity index (χ0) is 40.3. The van der Waals surface area contributed by atoms with Gasteiger partial charge in [0, 0.05) is 42.1 Å². The lowest BCUT2D eigenvalue weighted by molar-refractivity contribution is 0.0167. The molecule has 0 saturated heterocycles. The summed E-state index contributed by atoms with van der Waals surface area (Å²) in [5, 5.41) is 1.14. The Morgan fingerprint density at radius 1 is 0.679 bits per heavy atom. The molecule has 0 radical (unpaired) electrons. The van der Waals surface area contributed by atoms with Gasteiger partial charge in [-0.2, -0.15) is 0 Å². The van der Waals surface area contributed by atoms with E-state index in [1.165, 1.54) is 12.1 Å². The van der Waals surface area contributed by atoms with Gasteiger partial charge in [-0.05, 0) is 89.8 Å². The molecule has 4 aromatic carbocycles. The van der Waals surface area contributed by atoms with E-state index >= 15 is 0 Å². The molecule has 304 valence electrons. The highest BCUT2D eigenvalue weighted by Gasteiger charge is 2.28. The zero-order valence-electron chi connectivity index (χ0n) is 31.2. The summed E-state index contributed by atoms with van der Waals surface area (Å²) in [4.78, 5) is 2.67. The molecule has 0 amide bonds. The number of sulfone groups is 1. The van der Waals surface area contributed by atoms with E-state index in [2.05, 4.69) is 14.3 Å². The maximum atomic E-state index is 13.1. The van der Waals surface area contributed by atoms with Gasteiger partial charge >= 0.3 is 0 Å². The van der Waals surface area contributed by atoms with E-state index in [1.54, 1.807) is 60.7 Å². The summed E-state index contributed by atoms with van der Waals surface area (Å²) in [6, 6.07) is 23.4. The summed E-state index contributed by atoms with van der Waals surface area (Å²) in [6.45, 7) is 4.67. The summed E-state index contributed by atoms with van der Waals surface area (Å²) >= 11 is 12.8. The Bertz CT molecular complexity index is 2260. The number of benzene rings is 4. The maximum Gasteiger partial charge on any atom is 0.240 e. The smallest absolute Gasteiger partial charge is 0.240 e. The first-order chi connectivity index (χ1) is 26.7. The predicted octanol–water partition coefficient (Wildman–Crippen LogP) is 5.73. The first-order valence-electron chi connectivity index (χ1n) is 18.1. The summed E-state index contributed by atoms with van der Waals surface area (Å²) in [5.41, 5.74) is 4.37. The van der Waals surface area contributed by atoms with Gasteiger partial charge in [0.1, 0.15) is 0 Å². The molecule has 17 heteroatoms. The minimum absolute atomic E-state index is 0.0662. The number of nitrogens with one attached hydrogen (secondary N) is 2. The normalized spacial score (nSPS) is 15.2. The second-order valence-electron chi connectivity index (χ2n) is 13.3. The molecule has 0 saturated carbocycles. The number of rotatable bonds is 21. The number of sulfonamides is 2. The molecule has 0 spiro atoms. The summed E-state index contributed by atoms with van der Waals surface area (Å²) in [6.07, 6.45) is 0.534. The Balaban J connectivity index is 0.941. The van der Waals surface area contributed by atoms with Crippen LogP contribution in [0.2, 0.25) is 10.0 Å². The van der Waals surface area contributed by atoms with Gasteiger partial charge in [-0.3, -0.25) is 0 Å². The summed E-state index contributed by atoms with van der Waals surface area (Å²) in [5.74, 6) is -0.00757. The topological polar surface area (TPSA) is 157 Å². The first-order valence-corrected chi connectivity index (χ1v) is 23.5. The summed E-state index contributed by atoms with van der Waals surface area (Å²) < 4.78 is 97.8. The van der Waals surface area contributed by atoms with Crippen LogP contribution in [0.3, 0.4) is 0 Å². The fraction of sp³-hybridized carbons (Fsp3) is 0.385. The number of fused-ring (bicyclic) bond motifs is 1. The first kappa shape index (κ1) is 44.2. The molecule has 0 aromatic heterocycles. The second-order valence-corrected chi connectivity index (χ2v) is 19.8.